The van der Waals surface area contributed by atoms with E-state index in [1.165, 1.54) is 6.07 Å². The van der Waals surface area contributed by atoms with Crippen molar-refractivity contribution in [3.63, 3.8) is 0 Å². The number of aliphatic hydroxyl groups is 1. The fraction of sp³-hybridized carbons (Fsp3) is 0.538. The molecule has 17 heavy (non-hydrogen) atoms. The molecule has 2 unspecified atom stereocenters. The molecule has 4 heteroatoms. The maximum absolute atomic E-state index is 13.6. The van der Waals surface area contributed by atoms with Gasteiger partial charge in [-0.1, -0.05) is 28.9 Å². The fourth-order valence-electron chi connectivity index (χ4n) is 1.56. The van der Waals surface area contributed by atoms with E-state index >= 15 is 0 Å². The molecule has 0 bridgehead atoms. The first-order chi connectivity index (χ1) is 8.02. The van der Waals surface area contributed by atoms with Crippen LogP contribution in [0.15, 0.2) is 22.7 Å². The molecule has 1 aromatic rings. The van der Waals surface area contributed by atoms with Crippen molar-refractivity contribution in [1.82, 2.24) is 5.32 Å². The van der Waals surface area contributed by atoms with Crippen LogP contribution in [0.25, 0.3) is 0 Å². The molecule has 2 N–H and O–H groups in total. The van der Waals surface area contributed by atoms with E-state index in [-0.39, 0.29) is 24.4 Å². The van der Waals surface area contributed by atoms with Gasteiger partial charge in [-0.25, -0.2) is 4.39 Å². The van der Waals surface area contributed by atoms with Crippen molar-refractivity contribution in [2.75, 3.05) is 13.2 Å². The minimum Gasteiger partial charge on any atom is -0.396 e. The van der Waals surface area contributed by atoms with Gasteiger partial charge in [-0.05, 0) is 37.0 Å². The Balaban J connectivity index is 2.47. The van der Waals surface area contributed by atoms with Crippen LogP contribution in [0.3, 0.4) is 0 Å². The second-order valence-corrected chi connectivity index (χ2v) is 5.45. The van der Waals surface area contributed by atoms with Crippen LogP contribution in [-0.2, 0) is 6.42 Å². The van der Waals surface area contributed by atoms with Gasteiger partial charge in [-0.15, -0.1) is 0 Å². The first-order valence-corrected chi connectivity index (χ1v) is 6.60. The van der Waals surface area contributed by atoms with Crippen LogP contribution in [0.5, 0.6) is 0 Å². The molecule has 0 saturated heterocycles. The van der Waals surface area contributed by atoms with Gasteiger partial charge in [0, 0.05) is 23.7 Å². The monoisotopic (exact) mass is 303 g/mol. The summed E-state index contributed by atoms with van der Waals surface area (Å²) in [6.45, 7) is 4.91. The zero-order valence-electron chi connectivity index (χ0n) is 10.2. The SMILES string of the molecule is CC(CO)CNC(C)Cc1ccc(Br)cc1F. The van der Waals surface area contributed by atoms with Gasteiger partial charge >= 0.3 is 0 Å². The van der Waals surface area contributed by atoms with Crippen molar-refractivity contribution in [1.29, 1.82) is 0 Å². The lowest BCUT2D eigenvalue weighted by Crippen LogP contribution is -2.33. The van der Waals surface area contributed by atoms with Gasteiger partial charge in [-0.3, -0.25) is 0 Å². The molecule has 0 aliphatic carbocycles. The minimum absolute atomic E-state index is 0.173. The van der Waals surface area contributed by atoms with E-state index in [0.29, 0.717) is 12.0 Å². The predicted molar refractivity (Wildman–Crippen MR) is 71.5 cm³/mol. The lowest BCUT2D eigenvalue weighted by Gasteiger charge is -2.17. The maximum atomic E-state index is 13.6. The van der Waals surface area contributed by atoms with Gasteiger partial charge in [0.25, 0.3) is 0 Å². The van der Waals surface area contributed by atoms with E-state index in [4.69, 9.17) is 5.11 Å². The lowest BCUT2D eigenvalue weighted by molar-refractivity contribution is 0.230. The highest BCUT2D eigenvalue weighted by Gasteiger charge is 2.09. The van der Waals surface area contributed by atoms with E-state index in [9.17, 15) is 4.39 Å². The van der Waals surface area contributed by atoms with E-state index in [1.54, 1.807) is 6.07 Å². The van der Waals surface area contributed by atoms with Gasteiger partial charge in [0.2, 0.25) is 0 Å². The number of hydrogen-bond donors (Lipinski definition) is 2. The highest BCUT2D eigenvalue weighted by molar-refractivity contribution is 9.10. The molecule has 2 nitrogen and oxygen atoms in total. The van der Waals surface area contributed by atoms with Crippen molar-refractivity contribution >= 4 is 15.9 Å². The quantitative estimate of drug-likeness (QED) is 0.847. The number of halogens is 2. The van der Waals surface area contributed by atoms with Crippen LogP contribution in [0.4, 0.5) is 4.39 Å². The Hall–Kier alpha value is -0.450. The molecule has 0 radical (unpaired) electrons. The van der Waals surface area contributed by atoms with Crippen LogP contribution in [0, 0.1) is 11.7 Å². The summed E-state index contributed by atoms with van der Waals surface area (Å²) in [5.41, 5.74) is 0.713. The highest BCUT2D eigenvalue weighted by atomic mass is 79.9. The molecule has 0 saturated carbocycles. The highest BCUT2D eigenvalue weighted by Crippen LogP contribution is 2.16. The van der Waals surface area contributed by atoms with Crippen molar-refractivity contribution in [3.05, 3.63) is 34.1 Å². The van der Waals surface area contributed by atoms with E-state index in [1.807, 2.05) is 19.9 Å². The Morgan fingerprint density at radius 1 is 1.41 bits per heavy atom. The van der Waals surface area contributed by atoms with Gasteiger partial charge in [-0.2, -0.15) is 0 Å². The number of hydrogen-bond acceptors (Lipinski definition) is 2. The third-order valence-corrected chi connectivity index (χ3v) is 3.16. The molecule has 0 aliphatic heterocycles. The summed E-state index contributed by atoms with van der Waals surface area (Å²) < 4.78 is 14.3. The van der Waals surface area contributed by atoms with Crippen LogP contribution in [0.2, 0.25) is 0 Å². The summed E-state index contributed by atoms with van der Waals surface area (Å²) in [7, 11) is 0. The topological polar surface area (TPSA) is 32.3 Å². The van der Waals surface area contributed by atoms with E-state index in [2.05, 4.69) is 21.2 Å². The van der Waals surface area contributed by atoms with Crippen molar-refractivity contribution in [2.24, 2.45) is 5.92 Å². The van der Waals surface area contributed by atoms with Crippen LogP contribution < -0.4 is 5.32 Å². The summed E-state index contributed by atoms with van der Waals surface area (Å²) >= 11 is 3.24. The second kappa shape index (κ2) is 7.09. The Morgan fingerprint density at radius 2 is 2.12 bits per heavy atom. The predicted octanol–water partition coefficient (Wildman–Crippen LogP) is 2.74. The maximum Gasteiger partial charge on any atom is 0.127 e. The van der Waals surface area contributed by atoms with Gasteiger partial charge in [0.05, 0.1) is 0 Å². The van der Waals surface area contributed by atoms with Gasteiger partial charge in [0.1, 0.15) is 5.82 Å². The standard InChI is InChI=1S/C13H19BrFNO/c1-9(8-17)7-16-10(2)5-11-3-4-12(14)6-13(11)15/h3-4,6,9-10,16-17H,5,7-8H2,1-2H3. The minimum atomic E-state index is -0.178. The normalized spacial score (nSPS) is 14.6. The largest absolute Gasteiger partial charge is 0.396 e. The first kappa shape index (κ1) is 14.6. The molecule has 0 spiro atoms. The fourth-order valence-corrected chi connectivity index (χ4v) is 1.89. The third kappa shape index (κ3) is 5.15. The summed E-state index contributed by atoms with van der Waals surface area (Å²) in [6, 6.07) is 5.33. The molecule has 0 fully saturated rings. The zero-order valence-corrected chi connectivity index (χ0v) is 11.8. The zero-order chi connectivity index (χ0) is 12.8. The summed E-state index contributed by atoms with van der Waals surface area (Å²) in [5.74, 6) is 0.0513. The van der Waals surface area contributed by atoms with Crippen molar-refractivity contribution in [2.45, 2.75) is 26.3 Å². The molecule has 0 aromatic heterocycles. The number of nitrogens with one attached hydrogen (secondary N) is 1. The Bertz CT molecular complexity index is 359. The van der Waals surface area contributed by atoms with Crippen molar-refractivity contribution in [3.8, 4) is 0 Å². The third-order valence-electron chi connectivity index (χ3n) is 2.67. The number of rotatable bonds is 6. The van der Waals surface area contributed by atoms with Crippen LogP contribution in [-0.4, -0.2) is 24.3 Å². The average molecular weight is 304 g/mol. The van der Waals surface area contributed by atoms with Gasteiger partial charge in [0.15, 0.2) is 0 Å². The second-order valence-electron chi connectivity index (χ2n) is 4.54. The molecular weight excluding hydrogens is 285 g/mol. The van der Waals surface area contributed by atoms with Crippen molar-refractivity contribution < 1.29 is 9.50 Å². The lowest BCUT2D eigenvalue weighted by atomic mass is 10.1. The number of aliphatic hydroxyl groups excluding tert-OH is 1. The number of benzene rings is 1. The Kier molecular flexibility index (Phi) is 6.09. The summed E-state index contributed by atoms with van der Waals surface area (Å²) in [4.78, 5) is 0. The average Bonchev–Trinajstić information content (AvgIpc) is 2.29. The van der Waals surface area contributed by atoms with Crippen LogP contribution >= 0.6 is 15.9 Å². The molecule has 0 aliphatic rings. The molecule has 2 atom stereocenters. The summed E-state index contributed by atoms with van der Waals surface area (Å²) in [5, 5.41) is 12.2. The molecule has 0 heterocycles. The van der Waals surface area contributed by atoms with Gasteiger partial charge < -0.3 is 10.4 Å². The first-order valence-electron chi connectivity index (χ1n) is 5.81. The summed E-state index contributed by atoms with van der Waals surface area (Å²) in [6.07, 6.45) is 0.650. The Morgan fingerprint density at radius 3 is 2.71 bits per heavy atom. The molecule has 96 valence electrons. The smallest absolute Gasteiger partial charge is 0.127 e. The van der Waals surface area contributed by atoms with Crippen LogP contribution in [0.1, 0.15) is 19.4 Å². The Labute approximate surface area is 110 Å². The molecule has 1 rings (SSSR count). The van der Waals surface area contributed by atoms with E-state index in [0.717, 1.165) is 11.0 Å². The molecule has 0 amide bonds. The molecule has 1 aromatic carbocycles. The molecular formula is C13H19BrFNO. The van der Waals surface area contributed by atoms with E-state index < -0.39 is 0 Å².